The Labute approximate surface area is 230 Å². The fourth-order valence-electron chi connectivity index (χ4n) is 6.09. The van der Waals surface area contributed by atoms with Gasteiger partial charge in [-0.15, -0.1) is 0 Å². The van der Waals surface area contributed by atoms with Crippen LogP contribution in [0, 0.1) is 23.7 Å². The lowest BCUT2D eigenvalue weighted by atomic mass is 9.69. The molecule has 2 aliphatic rings. The second kappa shape index (κ2) is 18.6. The second-order valence-corrected chi connectivity index (χ2v) is 11.3. The minimum atomic E-state index is -0.0675. The maximum atomic E-state index is 12.8. The van der Waals surface area contributed by atoms with E-state index in [9.17, 15) is 4.79 Å². The van der Waals surface area contributed by atoms with Crippen molar-refractivity contribution in [3.8, 4) is 5.75 Å². The largest absolute Gasteiger partial charge is 0.426 e. The number of aldehydes is 1. The number of hydrogen-bond donors (Lipinski definition) is 0. The molecule has 0 spiro atoms. The van der Waals surface area contributed by atoms with Gasteiger partial charge in [-0.1, -0.05) is 69.7 Å². The summed E-state index contributed by atoms with van der Waals surface area (Å²) >= 11 is 6.48. The summed E-state index contributed by atoms with van der Waals surface area (Å²) in [6.07, 6.45) is 20.1. The van der Waals surface area contributed by atoms with Gasteiger partial charge < -0.3 is 9.47 Å². The molecule has 0 aliphatic heterocycles. The molecule has 5 heteroatoms. The molecule has 37 heavy (non-hydrogen) atoms. The van der Waals surface area contributed by atoms with Crippen LogP contribution in [-0.4, -0.2) is 26.0 Å². The average Bonchev–Trinajstić information content (AvgIpc) is 2.92. The molecular formula is C32H49ClO4. The Hall–Kier alpha value is -1.65. The Bertz CT molecular complexity index is 786. The molecule has 208 valence electrons. The number of carbonyl (C=O) groups is 2. The number of hydrogen-bond acceptors (Lipinski definition) is 4. The Morgan fingerprint density at radius 2 is 1.62 bits per heavy atom. The predicted molar refractivity (Wildman–Crippen MR) is 153 cm³/mol. The van der Waals surface area contributed by atoms with E-state index in [2.05, 4.69) is 13.5 Å². The van der Waals surface area contributed by atoms with E-state index in [1.165, 1.54) is 70.3 Å². The number of unbranched alkanes of at least 4 members (excludes halogenated alkanes) is 3. The van der Waals surface area contributed by atoms with Crippen LogP contribution in [0.3, 0.4) is 0 Å². The topological polar surface area (TPSA) is 52.6 Å². The number of allylic oxidation sites excluding steroid dienone is 1. The van der Waals surface area contributed by atoms with Gasteiger partial charge in [-0.2, -0.15) is 0 Å². The van der Waals surface area contributed by atoms with Gasteiger partial charge in [-0.05, 0) is 99.3 Å². The molecular weight excluding hydrogens is 484 g/mol. The van der Waals surface area contributed by atoms with E-state index in [0.29, 0.717) is 17.1 Å². The van der Waals surface area contributed by atoms with Gasteiger partial charge >= 0.3 is 5.97 Å². The number of aryl methyl sites for hydroxylation is 1. The van der Waals surface area contributed by atoms with Gasteiger partial charge in [0.15, 0.2) is 0 Å². The monoisotopic (exact) mass is 532 g/mol. The zero-order chi connectivity index (χ0) is 26.9. The molecule has 3 rings (SSSR count). The van der Waals surface area contributed by atoms with Crippen LogP contribution < -0.4 is 4.74 Å². The zero-order valence-corrected chi connectivity index (χ0v) is 24.0. The molecule has 0 aromatic heterocycles. The molecule has 1 aromatic carbocycles. The van der Waals surface area contributed by atoms with Gasteiger partial charge in [0, 0.05) is 18.7 Å². The van der Waals surface area contributed by atoms with E-state index in [1.54, 1.807) is 7.11 Å². The molecule has 2 saturated carbocycles. The number of halogens is 1. The second-order valence-electron chi connectivity index (χ2n) is 10.9. The number of methoxy groups -OCH3 is 1. The van der Waals surface area contributed by atoms with Gasteiger partial charge in [0.2, 0.25) is 0 Å². The maximum Gasteiger partial charge on any atom is 0.314 e. The highest BCUT2D eigenvalue weighted by molar-refractivity contribution is 6.31. The summed E-state index contributed by atoms with van der Waals surface area (Å²) in [6, 6.07) is 5.75. The maximum absolute atomic E-state index is 12.8. The van der Waals surface area contributed by atoms with Crippen LogP contribution in [0.4, 0.5) is 0 Å². The standard InChI is InChI=1S/C29H45ClO3.C3H4O/c1-3-8-22-10-12-23(13-11-22)24-14-16-26(17-15-24)29(31)33-27-19-18-25(28(30)21-27)9-6-4-5-7-20-32-2;1-2-3-4/h18-19,21-24,26H,3-17,20H2,1-2H3;2-3H,1H2. The first kappa shape index (κ1) is 31.6. The molecule has 1 aromatic rings. The number of esters is 1. The Balaban J connectivity index is 0.00000112. The number of benzene rings is 1. The summed E-state index contributed by atoms with van der Waals surface area (Å²) in [5, 5.41) is 0.708. The molecule has 0 amide bonds. The van der Waals surface area contributed by atoms with Crippen LogP contribution in [0.25, 0.3) is 0 Å². The lowest BCUT2D eigenvalue weighted by Crippen LogP contribution is -2.30. The van der Waals surface area contributed by atoms with Crippen LogP contribution in [0.5, 0.6) is 5.75 Å². The van der Waals surface area contributed by atoms with E-state index < -0.39 is 0 Å². The molecule has 4 nitrogen and oxygen atoms in total. The van der Waals surface area contributed by atoms with Crippen LogP contribution >= 0.6 is 11.6 Å². The molecule has 0 saturated heterocycles. The summed E-state index contributed by atoms with van der Waals surface area (Å²) in [4.78, 5) is 21.8. The van der Waals surface area contributed by atoms with Crippen molar-refractivity contribution in [2.75, 3.05) is 13.7 Å². The first-order valence-corrected chi connectivity index (χ1v) is 14.9. The SMILES string of the molecule is C=CC=O.CCCC1CCC(C2CCC(C(=O)Oc3ccc(CCCCCCOC)c(Cl)c3)CC2)CC1. The van der Waals surface area contributed by atoms with E-state index in [0.717, 1.165) is 62.0 Å². The van der Waals surface area contributed by atoms with Crippen LogP contribution in [0.15, 0.2) is 30.9 Å². The fourth-order valence-corrected chi connectivity index (χ4v) is 6.36. The van der Waals surface area contributed by atoms with E-state index in [4.69, 9.17) is 25.9 Å². The zero-order valence-electron chi connectivity index (χ0n) is 23.2. The van der Waals surface area contributed by atoms with Gasteiger partial charge in [-0.3, -0.25) is 9.59 Å². The number of rotatable bonds is 13. The third kappa shape index (κ3) is 11.7. The van der Waals surface area contributed by atoms with E-state index in [1.807, 2.05) is 18.2 Å². The minimum absolute atomic E-state index is 0.0447. The highest BCUT2D eigenvalue weighted by atomic mass is 35.5. The van der Waals surface area contributed by atoms with Crippen molar-refractivity contribution >= 4 is 23.9 Å². The Morgan fingerprint density at radius 1 is 1.00 bits per heavy atom. The highest BCUT2D eigenvalue weighted by Crippen LogP contribution is 2.42. The van der Waals surface area contributed by atoms with Crippen molar-refractivity contribution < 1.29 is 19.1 Å². The van der Waals surface area contributed by atoms with Gasteiger partial charge in [-0.25, -0.2) is 0 Å². The molecule has 0 unspecified atom stereocenters. The Kier molecular flexibility index (Phi) is 15.8. The van der Waals surface area contributed by atoms with Gasteiger partial charge in [0.05, 0.1) is 5.92 Å². The summed E-state index contributed by atoms with van der Waals surface area (Å²) in [6.45, 7) is 6.25. The third-order valence-electron chi connectivity index (χ3n) is 8.24. The highest BCUT2D eigenvalue weighted by Gasteiger charge is 2.33. The lowest BCUT2D eigenvalue weighted by Gasteiger charge is -2.37. The fraction of sp³-hybridized carbons (Fsp3) is 0.688. The molecule has 0 heterocycles. The summed E-state index contributed by atoms with van der Waals surface area (Å²) < 4.78 is 10.8. The number of carbonyl (C=O) groups excluding carboxylic acids is 2. The molecule has 0 bridgehead atoms. The van der Waals surface area contributed by atoms with Gasteiger partial charge in [0.25, 0.3) is 0 Å². The van der Waals surface area contributed by atoms with Crippen molar-refractivity contribution in [1.29, 1.82) is 0 Å². The van der Waals surface area contributed by atoms with Crippen LogP contribution in [0.2, 0.25) is 5.02 Å². The van der Waals surface area contributed by atoms with Crippen molar-refractivity contribution in [3.63, 3.8) is 0 Å². The van der Waals surface area contributed by atoms with Crippen molar-refractivity contribution in [2.24, 2.45) is 23.7 Å². The summed E-state index contributed by atoms with van der Waals surface area (Å²) in [7, 11) is 1.75. The average molecular weight is 533 g/mol. The summed E-state index contributed by atoms with van der Waals surface area (Å²) in [5.74, 6) is 3.24. The van der Waals surface area contributed by atoms with Crippen molar-refractivity contribution in [1.82, 2.24) is 0 Å². The van der Waals surface area contributed by atoms with Crippen molar-refractivity contribution in [2.45, 2.75) is 103 Å². The molecule has 2 aliphatic carbocycles. The van der Waals surface area contributed by atoms with Crippen molar-refractivity contribution in [3.05, 3.63) is 41.4 Å². The normalized spacial score (nSPS) is 23.4. The van der Waals surface area contributed by atoms with Gasteiger partial charge in [0.1, 0.15) is 12.0 Å². The molecule has 0 radical (unpaired) electrons. The molecule has 0 atom stereocenters. The number of ether oxygens (including phenoxy) is 2. The third-order valence-corrected chi connectivity index (χ3v) is 8.60. The van der Waals surface area contributed by atoms with E-state index in [-0.39, 0.29) is 11.9 Å². The minimum Gasteiger partial charge on any atom is -0.426 e. The molecule has 2 fully saturated rings. The Morgan fingerprint density at radius 3 is 2.19 bits per heavy atom. The first-order valence-electron chi connectivity index (χ1n) is 14.6. The summed E-state index contributed by atoms with van der Waals surface area (Å²) in [5.41, 5.74) is 1.14. The van der Waals surface area contributed by atoms with Crippen LogP contribution in [0.1, 0.15) is 102 Å². The quantitative estimate of drug-likeness (QED) is 0.0837. The van der Waals surface area contributed by atoms with Crippen LogP contribution in [-0.2, 0) is 20.7 Å². The predicted octanol–water partition coefficient (Wildman–Crippen LogP) is 8.78. The molecule has 0 N–H and O–H groups in total. The lowest BCUT2D eigenvalue weighted by molar-refractivity contribution is -0.140. The van der Waals surface area contributed by atoms with E-state index >= 15 is 0 Å². The first-order chi connectivity index (χ1) is 18.0. The smallest absolute Gasteiger partial charge is 0.314 e.